The van der Waals surface area contributed by atoms with Gasteiger partial charge in [0.05, 0.1) is 5.69 Å². The third kappa shape index (κ3) is 2.68. The number of aromatic nitrogens is 1. The molecule has 1 N–H and O–H groups in total. The summed E-state index contributed by atoms with van der Waals surface area (Å²) in [6.07, 6.45) is 7.53. The Morgan fingerprint density at radius 3 is 2.48 bits per heavy atom. The summed E-state index contributed by atoms with van der Waals surface area (Å²) in [5.74, 6) is 1.65. The summed E-state index contributed by atoms with van der Waals surface area (Å²) < 4.78 is 6.24. The van der Waals surface area contributed by atoms with Crippen molar-refractivity contribution >= 4 is 12.0 Å². The second-order valence-electron chi connectivity index (χ2n) is 5.27. The standard InChI is InChI=1S/C18H18N2O/c1-12-10-13(2)17(14(3)11-12)21-18(15-6-4-8-19-15)16-7-5-9-20-16/h4-11,19H,1-3H3/b18-16+. The molecule has 0 atom stereocenters. The van der Waals surface area contributed by atoms with Crippen molar-refractivity contribution in [2.45, 2.75) is 20.8 Å². The molecule has 3 rings (SSSR count). The van der Waals surface area contributed by atoms with Crippen LogP contribution in [0.4, 0.5) is 0 Å². The zero-order valence-electron chi connectivity index (χ0n) is 12.5. The summed E-state index contributed by atoms with van der Waals surface area (Å²) in [5.41, 5.74) is 5.25. The number of rotatable bonds is 3. The molecule has 1 aromatic heterocycles. The number of H-pyrrole nitrogens is 1. The summed E-state index contributed by atoms with van der Waals surface area (Å²) in [6, 6.07) is 8.21. The van der Waals surface area contributed by atoms with Crippen molar-refractivity contribution < 1.29 is 4.74 Å². The molecular weight excluding hydrogens is 260 g/mol. The molecular formula is C18H18N2O. The average Bonchev–Trinajstić information content (AvgIpc) is 3.11. The molecule has 3 heteroatoms. The first-order valence-corrected chi connectivity index (χ1v) is 6.99. The first-order chi connectivity index (χ1) is 10.1. The molecule has 1 aliphatic heterocycles. The van der Waals surface area contributed by atoms with Gasteiger partial charge in [-0.3, -0.25) is 4.99 Å². The first-order valence-electron chi connectivity index (χ1n) is 6.99. The molecule has 1 aromatic carbocycles. The SMILES string of the molecule is Cc1cc(C)c(O/C(=C2\C=CC=N2)c2ccc[nH]2)c(C)c1. The molecule has 2 heterocycles. The monoisotopic (exact) mass is 278 g/mol. The van der Waals surface area contributed by atoms with E-state index in [9.17, 15) is 0 Å². The van der Waals surface area contributed by atoms with Gasteiger partial charge in [-0.1, -0.05) is 17.7 Å². The van der Waals surface area contributed by atoms with E-state index in [1.165, 1.54) is 5.56 Å². The van der Waals surface area contributed by atoms with E-state index in [2.05, 4.69) is 42.9 Å². The van der Waals surface area contributed by atoms with Crippen LogP contribution in [-0.2, 0) is 0 Å². The van der Waals surface area contributed by atoms with Gasteiger partial charge in [0.2, 0.25) is 0 Å². The number of nitrogens with zero attached hydrogens (tertiary/aromatic N) is 1. The normalized spacial score (nSPS) is 15.6. The van der Waals surface area contributed by atoms with Crippen molar-refractivity contribution in [3.63, 3.8) is 0 Å². The smallest absolute Gasteiger partial charge is 0.176 e. The fourth-order valence-corrected chi connectivity index (χ4v) is 2.58. The van der Waals surface area contributed by atoms with Crippen LogP contribution in [-0.4, -0.2) is 11.2 Å². The average molecular weight is 278 g/mol. The lowest BCUT2D eigenvalue weighted by Gasteiger charge is -2.15. The Morgan fingerprint density at radius 1 is 1.14 bits per heavy atom. The van der Waals surface area contributed by atoms with Gasteiger partial charge in [-0.05, 0) is 56.2 Å². The van der Waals surface area contributed by atoms with Crippen LogP contribution in [0.15, 0.2) is 53.3 Å². The Labute approximate surface area is 124 Å². The van der Waals surface area contributed by atoms with E-state index in [-0.39, 0.29) is 0 Å². The summed E-state index contributed by atoms with van der Waals surface area (Å²) in [6.45, 7) is 6.23. The molecule has 1 aliphatic rings. The number of benzene rings is 1. The fraction of sp³-hybridized carbons (Fsp3) is 0.167. The Balaban J connectivity index is 2.07. The Hall–Kier alpha value is -2.55. The third-order valence-electron chi connectivity index (χ3n) is 3.44. The highest BCUT2D eigenvalue weighted by atomic mass is 16.5. The van der Waals surface area contributed by atoms with Gasteiger partial charge in [0.15, 0.2) is 5.76 Å². The minimum Gasteiger partial charge on any atom is -0.452 e. The summed E-state index contributed by atoms with van der Waals surface area (Å²) in [4.78, 5) is 7.56. The quantitative estimate of drug-likeness (QED) is 0.834. The molecule has 0 amide bonds. The maximum atomic E-state index is 6.24. The minimum atomic E-state index is 0.750. The number of ether oxygens (including phenoxy) is 1. The van der Waals surface area contributed by atoms with Crippen LogP contribution < -0.4 is 4.74 Å². The van der Waals surface area contributed by atoms with Crippen LogP contribution in [0.1, 0.15) is 22.4 Å². The van der Waals surface area contributed by atoms with Gasteiger partial charge < -0.3 is 9.72 Å². The molecule has 2 aromatic rings. The van der Waals surface area contributed by atoms with E-state index in [4.69, 9.17) is 4.74 Å². The number of aromatic amines is 1. The van der Waals surface area contributed by atoms with Gasteiger partial charge in [-0.2, -0.15) is 0 Å². The highest BCUT2D eigenvalue weighted by molar-refractivity contribution is 5.81. The van der Waals surface area contributed by atoms with Crippen molar-refractivity contribution in [1.29, 1.82) is 0 Å². The lowest BCUT2D eigenvalue weighted by molar-refractivity contribution is 0.500. The molecule has 0 radical (unpaired) electrons. The second kappa shape index (κ2) is 5.44. The van der Waals surface area contributed by atoms with Crippen LogP contribution in [0.2, 0.25) is 0 Å². The molecule has 21 heavy (non-hydrogen) atoms. The molecule has 0 saturated carbocycles. The van der Waals surface area contributed by atoms with Crippen LogP contribution in [0.3, 0.4) is 0 Å². The largest absolute Gasteiger partial charge is 0.452 e. The zero-order chi connectivity index (χ0) is 14.8. The third-order valence-corrected chi connectivity index (χ3v) is 3.44. The molecule has 0 fully saturated rings. The lowest BCUT2D eigenvalue weighted by atomic mass is 10.1. The molecule has 106 valence electrons. The molecule has 0 unspecified atom stereocenters. The van der Waals surface area contributed by atoms with Gasteiger partial charge in [-0.15, -0.1) is 0 Å². The predicted octanol–water partition coefficient (Wildman–Crippen LogP) is 4.33. The van der Waals surface area contributed by atoms with Crippen molar-refractivity contribution in [3.05, 3.63) is 70.7 Å². The summed E-state index contributed by atoms with van der Waals surface area (Å²) in [7, 11) is 0. The van der Waals surface area contributed by atoms with Crippen LogP contribution in [0.25, 0.3) is 5.76 Å². The Morgan fingerprint density at radius 2 is 1.90 bits per heavy atom. The van der Waals surface area contributed by atoms with Gasteiger partial charge in [-0.25, -0.2) is 0 Å². The number of hydrogen-bond donors (Lipinski definition) is 1. The van der Waals surface area contributed by atoms with E-state index >= 15 is 0 Å². The van der Waals surface area contributed by atoms with Crippen LogP contribution in [0.5, 0.6) is 5.75 Å². The van der Waals surface area contributed by atoms with Crippen LogP contribution >= 0.6 is 0 Å². The lowest BCUT2D eigenvalue weighted by Crippen LogP contribution is -2.01. The van der Waals surface area contributed by atoms with E-state index in [1.807, 2.05) is 30.5 Å². The summed E-state index contributed by atoms with van der Waals surface area (Å²) >= 11 is 0. The Kier molecular flexibility index (Phi) is 3.48. The van der Waals surface area contributed by atoms with Gasteiger partial charge in [0.25, 0.3) is 0 Å². The van der Waals surface area contributed by atoms with E-state index in [1.54, 1.807) is 6.21 Å². The number of aryl methyl sites for hydroxylation is 3. The molecule has 0 bridgehead atoms. The molecule has 0 aliphatic carbocycles. The number of hydrogen-bond acceptors (Lipinski definition) is 2. The van der Waals surface area contributed by atoms with Gasteiger partial charge in [0, 0.05) is 12.4 Å². The zero-order valence-corrected chi connectivity index (χ0v) is 12.5. The first kappa shape index (κ1) is 13.4. The topological polar surface area (TPSA) is 37.4 Å². The maximum absolute atomic E-state index is 6.24. The van der Waals surface area contributed by atoms with E-state index < -0.39 is 0 Å². The highest BCUT2D eigenvalue weighted by Crippen LogP contribution is 2.31. The molecule has 3 nitrogen and oxygen atoms in total. The number of aliphatic imine (C=N–C) groups is 1. The minimum absolute atomic E-state index is 0.750. The van der Waals surface area contributed by atoms with Crippen molar-refractivity contribution in [3.8, 4) is 5.75 Å². The fourth-order valence-electron chi connectivity index (χ4n) is 2.58. The predicted molar refractivity (Wildman–Crippen MR) is 86.6 cm³/mol. The van der Waals surface area contributed by atoms with Crippen molar-refractivity contribution in [1.82, 2.24) is 4.98 Å². The van der Waals surface area contributed by atoms with E-state index in [0.29, 0.717) is 0 Å². The highest BCUT2D eigenvalue weighted by Gasteiger charge is 2.15. The second-order valence-corrected chi connectivity index (χ2v) is 5.27. The van der Waals surface area contributed by atoms with Crippen molar-refractivity contribution in [2.24, 2.45) is 4.99 Å². The maximum Gasteiger partial charge on any atom is 0.176 e. The molecule has 0 saturated heterocycles. The molecule has 0 spiro atoms. The number of nitrogens with one attached hydrogen (secondary N) is 1. The van der Waals surface area contributed by atoms with E-state index in [0.717, 1.165) is 34.0 Å². The van der Waals surface area contributed by atoms with Crippen LogP contribution in [0, 0.1) is 20.8 Å². The number of allylic oxidation sites excluding steroid dienone is 2. The van der Waals surface area contributed by atoms with Crippen molar-refractivity contribution in [2.75, 3.05) is 0 Å². The van der Waals surface area contributed by atoms with Gasteiger partial charge in [0.1, 0.15) is 11.4 Å². The van der Waals surface area contributed by atoms with Gasteiger partial charge >= 0.3 is 0 Å². The Bertz CT molecular complexity index is 713. The summed E-state index contributed by atoms with van der Waals surface area (Å²) in [5, 5.41) is 0.